The Hall–Kier alpha value is -0.550. The minimum atomic E-state index is -0.591. The van der Waals surface area contributed by atoms with Crippen LogP contribution in [-0.4, -0.2) is 5.54 Å². The molecule has 0 saturated heterocycles. The molecule has 1 aliphatic rings. The minimum Gasteiger partial charge on any atom is -0.313 e. The van der Waals surface area contributed by atoms with E-state index in [2.05, 4.69) is 26.8 Å². The highest BCUT2D eigenvalue weighted by molar-refractivity contribution is 5.18. The molecular weight excluding hydrogens is 136 g/mol. The molecular formula is C9H16N2. The number of hydrogen-bond donors (Lipinski definition) is 1. The fourth-order valence-electron chi connectivity index (χ4n) is 1.77. The molecule has 1 saturated carbocycles. The monoisotopic (exact) mass is 152 g/mol. The van der Waals surface area contributed by atoms with Gasteiger partial charge in [0.25, 0.3) is 0 Å². The van der Waals surface area contributed by atoms with Crippen LogP contribution in [0.15, 0.2) is 0 Å². The molecule has 62 valence electrons. The van der Waals surface area contributed by atoms with Crippen molar-refractivity contribution in [2.24, 2.45) is 17.1 Å². The van der Waals surface area contributed by atoms with Crippen LogP contribution in [0.1, 0.15) is 33.6 Å². The highest BCUT2D eigenvalue weighted by Crippen LogP contribution is 2.47. The molecule has 1 fully saturated rings. The van der Waals surface area contributed by atoms with E-state index in [0.29, 0.717) is 5.92 Å². The third-order valence-electron chi connectivity index (χ3n) is 3.55. The molecule has 0 aromatic rings. The maximum Gasteiger partial charge on any atom is 0.109 e. The Morgan fingerprint density at radius 3 is 2.27 bits per heavy atom. The largest absolute Gasteiger partial charge is 0.313 e. The van der Waals surface area contributed by atoms with Gasteiger partial charge in [-0.05, 0) is 24.2 Å². The van der Waals surface area contributed by atoms with Crippen LogP contribution >= 0.6 is 0 Å². The normalized spacial score (nSPS) is 41.9. The van der Waals surface area contributed by atoms with Gasteiger partial charge in [-0.2, -0.15) is 5.26 Å². The zero-order valence-corrected chi connectivity index (χ0v) is 7.52. The summed E-state index contributed by atoms with van der Waals surface area (Å²) in [6.45, 7) is 6.35. The molecule has 0 amide bonds. The van der Waals surface area contributed by atoms with E-state index < -0.39 is 5.54 Å². The lowest BCUT2D eigenvalue weighted by Gasteiger charge is -2.34. The van der Waals surface area contributed by atoms with Gasteiger partial charge < -0.3 is 5.73 Å². The topological polar surface area (TPSA) is 49.8 Å². The summed E-state index contributed by atoms with van der Waals surface area (Å²) in [4.78, 5) is 0. The lowest BCUT2D eigenvalue weighted by molar-refractivity contribution is 0.205. The van der Waals surface area contributed by atoms with Gasteiger partial charge in [0, 0.05) is 0 Å². The van der Waals surface area contributed by atoms with Crippen molar-refractivity contribution in [2.45, 2.75) is 39.2 Å². The van der Waals surface area contributed by atoms with Gasteiger partial charge in [-0.15, -0.1) is 0 Å². The highest BCUT2D eigenvalue weighted by Gasteiger charge is 2.50. The summed E-state index contributed by atoms with van der Waals surface area (Å²) in [5, 5.41) is 8.90. The summed E-state index contributed by atoms with van der Waals surface area (Å²) in [7, 11) is 0. The summed E-state index contributed by atoms with van der Waals surface area (Å²) < 4.78 is 0. The van der Waals surface area contributed by atoms with E-state index in [4.69, 9.17) is 11.0 Å². The molecule has 0 aromatic heterocycles. The smallest absolute Gasteiger partial charge is 0.109 e. The van der Waals surface area contributed by atoms with E-state index in [-0.39, 0.29) is 5.41 Å². The molecule has 2 nitrogen and oxygen atoms in total. The van der Waals surface area contributed by atoms with Crippen molar-refractivity contribution in [3.8, 4) is 6.07 Å². The summed E-state index contributed by atoms with van der Waals surface area (Å²) in [6.07, 6.45) is 1.93. The van der Waals surface area contributed by atoms with Crippen molar-refractivity contribution in [3.63, 3.8) is 0 Å². The predicted octanol–water partition coefficient (Wildman–Crippen LogP) is 1.66. The van der Waals surface area contributed by atoms with Gasteiger partial charge in [0.15, 0.2) is 0 Å². The van der Waals surface area contributed by atoms with Gasteiger partial charge in [0.05, 0.1) is 6.07 Å². The third kappa shape index (κ3) is 0.954. The molecule has 0 aliphatic heterocycles. The van der Waals surface area contributed by atoms with E-state index in [1.807, 2.05) is 0 Å². The minimum absolute atomic E-state index is 0.0260. The van der Waals surface area contributed by atoms with Crippen LogP contribution < -0.4 is 5.73 Å². The predicted molar refractivity (Wildman–Crippen MR) is 44.7 cm³/mol. The Balaban J connectivity index is 2.97. The van der Waals surface area contributed by atoms with Crippen molar-refractivity contribution in [1.29, 1.82) is 5.26 Å². The van der Waals surface area contributed by atoms with Crippen LogP contribution in [0.25, 0.3) is 0 Å². The quantitative estimate of drug-likeness (QED) is 0.574. The van der Waals surface area contributed by atoms with Crippen molar-refractivity contribution in [2.75, 3.05) is 0 Å². The van der Waals surface area contributed by atoms with Crippen molar-refractivity contribution < 1.29 is 0 Å². The van der Waals surface area contributed by atoms with Crippen LogP contribution in [0, 0.1) is 22.7 Å². The summed E-state index contributed by atoms with van der Waals surface area (Å²) in [6, 6.07) is 2.24. The summed E-state index contributed by atoms with van der Waals surface area (Å²) >= 11 is 0. The number of nitrogens with zero attached hydrogens (tertiary/aromatic N) is 1. The Bertz CT molecular complexity index is 202. The molecule has 0 bridgehead atoms. The summed E-state index contributed by atoms with van der Waals surface area (Å²) in [5.41, 5.74) is 5.35. The Kier molecular flexibility index (Phi) is 1.72. The molecule has 2 N–H and O–H groups in total. The Morgan fingerprint density at radius 1 is 1.55 bits per heavy atom. The van der Waals surface area contributed by atoms with E-state index in [1.54, 1.807) is 0 Å². The first kappa shape index (κ1) is 8.55. The number of rotatable bonds is 0. The lowest BCUT2D eigenvalue weighted by Crippen LogP contribution is -2.49. The molecule has 2 heteroatoms. The van der Waals surface area contributed by atoms with Crippen molar-refractivity contribution in [1.82, 2.24) is 0 Å². The van der Waals surface area contributed by atoms with Gasteiger partial charge in [0.2, 0.25) is 0 Å². The zero-order valence-electron chi connectivity index (χ0n) is 7.52. The lowest BCUT2D eigenvalue weighted by atomic mass is 9.72. The standard InChI is InChI=1S/C9H16N2/c1-7-4-5-9(11,6-10)8(7,2)3/h7H,4-5,11H2,1-3H3/t7-,9-/m1/s1. The van der Waals surface area contributed by atoms with Crippen LogP contribution in [0.2, 0.25) is 0 Å². The maximum absolute atomic E-state index is 8.90. The second kappa shape index (κ2) is 2.22. The zero-order chi connectivity index (χ0) is 8.70. The first-order chi connectivity index (χ1) is 4.94. The van der Waals surface area contributed by atoms with Gasteiger partial charge >= 0.3 is 0 Å². The molecule has 0 aromatic carbocycles. The number of nitriles is 1. The first-order valence-corrected chi connectivity index (χ1v) is 4.14. The SMILES string of the molecule is C[C@@H]1CC[C@@](N)(C#N)C1(C)C. The van der Waals surface area contributed by atoms with E-state index in [1.165, 1.54) is 0 Å². The molecule has 11 heavy (non-hydrogen) atoms. The van der Waals surface area contributed by atoms with Crippen molar-refractivity contribution in [3.05, 3.63) is 0 Å². The van der Waals surface area contributed by atoms with Gasteiger partial charge in [-0.1, -0.05) is 20.8 Å². The number of hydrogen-bond acceptors (Lipinski definition) is 2. The molecule has 1 aliphatic carbocycles. The molecule has 2 atom stereocenters. The second-order valence-corrected chi connectivity index (χ2v) is 4.24. The average molecular weight is 152 g/mol. The third-order valence-corrected chi connectivity index (χ3v) is 3.55. The number of nitrogens with two attached hydrogens (primary N) is 1. The highest BCUT2D eigenvalue weighted by atomic mass is 14.8. The molecule has 0 heterocycles. The average Bonchev–Trinajstić information content (AvgIpc) is 2.15. The molecule has 0 radical (unpaired) electrons. The Morgan fingerprint density at radius 2 is 2.09 bits per heavy atom. The maximum atomic E-state index is 8.90. The van der Waals surface area contributed by atoms with Crippen LogP contribution in [0.5, 0.6) is 0 Å². The van der Waals surface area contributed by atoms with E-state index >= 15 is 0 Å². The molecule has 0 spiro atoms. The molecule has 0 unspecified atom stereocenters. The fourth-order valence-corrected chi connectivity index (χ4v) is 1.77. The first-order valence-electron chi connectivity index (χ1n) is 4.14. The van der Waals surface area contributed by atoms with Gasteiger partial charge in [-0.25, -0.2) is 0 Å². The van der Waals surface area contributed by atoms with Gasteiger partial charge in [-0.3, -0.25) is 0 Å². The van der Waals surface area contributed by atoms with Crippen LogP contribution in [0.3, 0.4) is 0 Å². The Labute approximate surface area is 68.4 Å². The van der Waals surface area contributed by atoms with Crippen molar-refractivity contribution >= 4 is 0 Å². The van der Waals surface area contributed by atoms with Gasteiger partial charge in [0.1, 0.15) is 5.54 Å². The second-order valence-electron chi connectivity index (χ2n) is 4.24. The fraction of sp³-hybridized carbons (Fsp3) is 0.889. The van der Waals surface area contributed by atoms with Crippen LogP contribution in [-0.2, 0) is 0 Å². The molecule has 1 rings (SSSR count). The van der Waals surface area contributed by atoms with Crippen LogP contribution in [0.4, 0.5) is 0 Å². The summed E-state index contributed by atoms with van der Waals surface area (Å²) in [5.74, 6) is 0.562. The van der Waals surface area contributed by atoms with E-state index in [0.717, 1.165) is 12.8 Å². The van der Waals surface area contributed by atoms with E-state index in [9.17, 15) is 0 Å².